The number of carboxylic acid groups (broad SMARTS) is 1. The highest BCUT2D eigenvalue weighted by molar-refractivity contribution is 6.33. The lowest BCUT2D eigenvalue weighted by atomic mass is 9.97. The van der Waals surface area contributed by atoms with E-state index in [1.165, 1.54) is 6.20 Å². The van der Waals surface area contributed by atoms with E-state index in [4.69, 9.17) is 23.2 Å². The Hall–Kier alpha value is -3.42. The number of nitrogens with one attached hydrogen (secondary N) is 1. The van der Waals surface area contributed by atoms with Crippen molar-refractivity contribution in [2.24, 2.45) is 0 Å². The molecule has 0 radical (unpaired) electrons. The zero-order chi connectivity index (χ0) is 23.9. The molecular formula is C25H20Cl2N4O3. The molecule has 34 heavy (non-hydrogen) atoms. The average molecular weight is 495 g/mol. The molecule has 5 rings (SSSR count). The minimum atomic E-state index is -1.26. The summed E-state index contributed by atoms with van der Waals surface area (Å²) in [5, 5.41) is 18.1. The van der Waals surface area contributed by atoms with Crippen LogP contribution in [0.2, 0.25) is 10.0 Å². The van der Waals surface area contributed by atoms with Gasteiger partial charge in [-0.1, -0.05) is 66.4 Å². The summed E-state index contributed by atoms with van der Waals surface area (Å²) in [5.41, 5.74) is 2.24. The number of carbonyl (C=O) groups excluding carboxylic acids is 1. The first kappa shape index (κ1) is 22.4. The Morgan fingerprint density at radius 3 is 2.35 bits per heavy atom. The normalized spacial score (nSPS) is 14.9. The number of hydrogen-bond donors (Lipinski definition) is 2. The minimum absolute atomic E-state index is 0.202. The third-order valence-electron chi connectivity index (χ3n) is 6.27. The number of hydrogen-bond acceptors (Lipinski definition) is 4. The maximum absolute atomic E-state index is 13.2. The monoisotopic (exact) mass is 494 g/mol. The molecule has 1 fully saturated rings. The second-order valence-electron chi connectivity index (χ2n) is 8.35. The first-order valence-electron chi connectivity index (χ1n) is 10.8. The lowest BCUT2D eigenvalue weighted by molar-refractivity contribution is -0.144. The van der Waals surface area contributed by atoms with E-state index in [9.17, 15) is 14.7 Å². The van der Waals surface area contributed by atoms with Gasteiger partial charge in [0.2, 0.25) is 0 Å². The number of aromatic nitrogens is 3. The molecule has 1 amide bonds. The highest BCUT2D eigenvalue weighted by atomic mass is 35.5. The maximum Gasteiger partial charge on any atom is 0.329 e. The van der Waals surface area contributed by atoms with Gasteiger partial charge in [0, 0.05) is 32.9 Å². The Bertz CT molecular complexity index is 1410. The predicted octanol–water partition coefficient (Wildman–Crippen LogP) is 5.50. The van der Waals surface area contributed by atoms with Crippen LogP contribution < -0.4 is 5.32 Å². The van der Waals surface area contributed by atoms with Gasteiger partial charge in [-0.3, -0.25) is 4.79 Å². The Morgan fingerprint density at radius 1 is 0.971 bits per heavy atom. The van der Waals surface area contributed by atoms with E-state index in [0.717, 1.165) is 29.5 Å². The van der Waals surface area contributed by atoms with Crippen molar-refractivity contribution in [3.8, 4) is 22.4 Å². The summed E-state index contributed by atoms with van der Waals surface area (Å²) >= 11 is 12.6. The summed E-state index contributed by atoms with van der Waals surface area (Å²) in [6.07, 6.45) is 5.36. The Kier molecular flexibility index (Phi) is 5.75. The van der Waals surface area contributed by atoms with E-state index in [1.54, 1.807) is 28.9 Å². The molecule has 2 aromatic carbocycles. The van der Waals surface area contributed by atoms with E-state index < -0.39 is 17.4 Å². The molecule has 0 spiro atoms. The van der Waals surface area contributed by atoms with Crippen molar-refractivity contribution in [3.63, 3.8) is 0 Å². The predicted molar refractivity (Wildman–Crippen MR) is 130 cm³/mol. The molecule has 2 heterocycles. The lowest BCUT2D eigenvalue weighted by Gasteiger charge is -2.25. The number of aliphatic carboxylic acids is 1. The number of halogens is 2. The minimum Gasteiger partial charge on any atom is -0.480 e. The topological polar surface area (TPSA) is 96.6 Å². The van der Waals surface area contributed by atoms with Crippen LogP contribution in [0.25, 0.3) is 28.0 Å². The number of benzene rings is 2. The van der Waals surface area contributed by atoms with E-state index in [0.29, 0.717) is 34.2 Å². The van der Waals surface area contributed by atoms with E-state index in [-0.39, 0.29) is 5.56 Å². The van der Waals surface area contributed by atoms with Gasteiger partial charge in [0.25, 0.3) is 5.91 Å². The Labute approximate surface area is 205 Å². The molecular weight excluding hydrogens is 475 g/mol. The lowest BCUT2D eigenvalue weighted by Crippen LogP contribution is -2.52. The summed E-state index contributed by atoms with van der Waals surface area (Å²) in [7, 11) is 0. The van der Waals surface area contributed by atoms with Crippen LogP contribution in [0.4, 0.5) is 0 Å². The third-order valence-corrected chi connectivity index (χ3v) is 6.85. The molecule has 2 N–H and O–H groups in total. The first-order valence-corrected chi connectivity index (χ1v) is 11.6. The highest BCUT2D eigenvalue weighted by Gasteiger charge is 2.43. The van der Waals surface area contributed by atoms with Crippen LogP contribution in [0, 0.1) is 0 Å². The van der Waals surface area contributed by atoms with E-state index in [1.807, 2.05) is 30.3 Å². The summed E-state index contributed by atoms with van der Waals surface area (Å²) in [6.45, 7) is 0. The molecule has 7 nitrogen and oxygen atoms in total. The number of rotatable bonds is 5. The van der Waals surface area contributed by atoms with Crippen molar-refractivity contribution in [3.05, 3.63) is 76.5 Å². The van der Waals surface area contributed by atoms with Crippen molar-refractivity contribution in [1.82, 2.24) is 19.9 Å². The van der Waals surface area contributed by atoms with Crippen molar-refractivity contribution < 1.29 is 14.7 Å². The van der Waals surface area contributed by atoms with Crippen LogP contribution in [-0.2, 0) is 4.79 Å². The molecule has 9 heteroatoms. The zero-order valence-electron chi connectivity index (χ0n) is 18.0. The van der Waals surface area contributed by atoms with E-state index in [2.05, 4.69) is 15.4 Å². The van der Waals surface area contributed by atoms with Crippen LogP contribution >= 0.6 is 23.2 Å². The molecule has 1 aliphatic carbocycles. The Morgan fingerprint density at radius 2 is 1.68 bits per heavy atom. The third kappa shape index (κ3) is 3.81. The molecule has 2 aromatic heterocycles. The van der Waals surface area contributed by atoms with Gasteiger partial charge in [-0.15, -0.1) is 0 Å². The molecule has 4 aromatic rings. The molecule has 0 bridgehead atoms. The fourth-order valence-corrected chi connectivity index (χ4v) is 4.87. The van der Waals surface area contributed by atoms with Crippen LogP contribution in [0.15, 0.2) is 60.9 Å². The molecule has 0 saturated heterocycles. The molecule has 1 aliphatic rings. The van der Waals surface area contributed by atoms with Gasteiger partial charge in [0.1, 0.15) is 11.1 Å². The second kappa shape index (κ2) is 8.74. The molecule has 0 atom stereocenters. The summed E-state index contributed by atoms with van der Waals surface area (Å²) in [5.74, 6) is -1.54. The smallest absolute Gasteiger partial charge is 0.329 e. The molecule has 0 unspecified atom stereocenters. The largest absolute Gasteiger partial charge is 0.480 e. The standard InChI is InChI=1S/C25H20Cl2N4O3/c26-16-9-7-15(8-10-16)21-18(17-5-1-2-6-20(17)27)13-28-22-19(14-29-31(21)22)23(32)30-25(24(33)34)11-3-4-12-25/h1-2,5-10,13-14H,3-4,11-12H2,(H,30,32)(H,33,34). The number of carbonyl (C=O) groups is 2. The number of nitrogens with zero attached hydrogens (tertiary/aromatic N) is 3. The highest BCUT2D eigenvalue weighted by Crippen LogP contribution is 2.37. The van der Waals surface area contributed by atoms with Crippen LogP contribution in [-0.4, -0.2) is 37.1 Å². The molecule has 0 aliphatic heterocycles. The van der Waals surface area contributed by atoms with Crippen molar-refractivity contribution in [2.45, 2.75) is 31.2 Å². The quantitative estimate of drug-likeness (QED) is 0.381. The summed E-state index contributed by atoms with van der Waals surface area (Å²) in [6, 6.07) is 14.7. The van der Waals surface area contributed by atoms with Gasteiger partial charge < -0.3 is 10.4 Å². The summed E-state index contributed by atoms with van der Waals surface area (Å²) < 4.78 is 1.58. The molecule has 1 saturated carbocycles. The molecule has 172 valence electrons. The van der Waals surface area contributed by atoms with Crippen LogP contribution in [0.3, 0.4) is 0 Å². The van der Waals surface area contributed by atoms with Crippen molar-refractivity contribution in [2.75, 3.05) is 0 Å². The van der Waals surface area contributed by atoms with Gasteiger partial charge in [-0.2, -0.15) is 5.10 Å². The second-order valence-corrected chi connectivity index (χ2v) is 9.19. The zero-order valence-corrected chi connectivity index (χ0v) is 19.5. The van der Waals surface area contributed by atoms with Crippen LogP contribution in [0.5, 0.6) is 0 Å². The van der Waals surface area contributed by atoms with Gasteiger partial charge in [-0.25, -0.2) is 14.3 Å². The average Bonchev–Trinajstić information content (AvgIpc) is 3.47. The van der Waals surface area contributed by atoms with Gasteiger partial charge in [0.05, 0.1) is 11.9 Å². The van der Waals surface area contributed by atoms with Gasteiger partial charge in [0.15, 0.2) is 5.65 Å². The maximum atomic E-state index is 13.2. The fourth-order valence-electron chi connectivity index (χ4n) is 4.51. The summed E-state index contributed by atoms with van der Waals surface area (Å²) in [4.78, 5) is 29.6. The van der Waals surface area contributed by atoms with E-state index >= 15 is 0 Å². The van der Waals surface area contributed by atoms with Crippen LogP contribution in [0.1, 0.15) is 36.0 Å². The Balaban J connectivity index is 1.66. The van der Waals surface area contributed by atoms with Crippen molar-refractivity contribution >= 4 is 40.7 Å². The fraction of sp³-hybridized carbons (Fsp3) is 0.200. The first-order chi connectivity index (χ1) is 16.4. The van der Waals surface area contributed by atoms with Crippen molar-refractivity contribution in [1.29, 1.82) is 0 Å². The SMILES string of the molecule is O=C(NC1(C(=O)O)CCCC1)c1cnn2c(-c3ccc(Cl)cc3)c(-c3ccccc3Cl)cnc12. The number of amides is 1. The van der Waals surface area contributed by atoms with Gasteiger partial charge >= 0.3 is 5.97 Å². The number of carboxylic acids is 1. The number of fused-ring (bicyclic) bond motifs is 1. The van der Waals surface area contributed by atoms with Gasteiger partial charge in [-0.05, 0) is 31.0 Å².